The summed E-state index contributed by atoms with van der Waals surface area (Å²) >= 11 is 0. The highest BCUT2D eigenvalue weighted by Gasteiger charge is 2.62. The molecule has 0 aromatic carbocycles. The molecule has 0 spiro atoms. The molecule has 2 unspecified atom stereocenters. The van der Waals surface area contributed by atoms with E-state index in [1.807, 2.05) is 20.8 Å². The van der Waals surface area contributed by atoms with Crippen LogP contribution in [0.25, 0.3) is 0 Å². The summed E-state index contributed by atoms with van der Waals surface area (Å²) in [6, 6.07) is 2.66. The molecule has 1 aliphatic carbocycles. The number of halogens is 3. The van der Waals surface area contributed by atoms with E-state index >= 15 is 0 Å². The molecule has 0 aliphatic heterocycles. The minimum Gasteiger partial charge on any atom is -0.468 e. The van der Waals surface area contributed by atoms with Gasteiger partial charge < -0.3 is 20.5 Å². The third kappa shape index (κ3) is 4.04. The van der Waals surface area contributed by atoms with E-state index in [0.717, 1.165) is 0 Å². The van der Waals surface area contributed by atoms with E-state index in [4.69, 9.17) is 10.5 Å². The van der Waals surface area contributed by atoms with Crippen LogP contribution in [0.2, 0.25) is 0 Å². The summed E-state index contributed by atoms with van der Waals surface area (Å²) in [6.07, 6.45) is -2.93. The molecule has 1 aromatic rings. The molecule has 0 radical (unpaired) electrons. The van der Waals surface area contributed by atoms with Crippen LogP contribution >= 0.6 is 0 Å². The smallest absolute Gasteiger partial charge is 0.422 e. The van der Waals surface area contributed by atoms with Crippen molar-refractivity contribution in [1.82, 2.24) is 4.98 Å². The van der Waals surface area contributed by atoms with Gasteiger partial charge in [-0.2, -0.15) is 13.2 Å². The van der Waals surface area contributed by atoms with E-state index in [9.17, 15) is 18.0 Å². The van der Waals surface area contributed by atoms with Crippen molar-refractivity contribution in [1.29, 1.82) is 0 Å². The molecule has 140 valence electrons. The van der Waals surface area contributed by atoms with Gasteiger partial charge in [-0.05, 0) is 13.0 Å². The van der Waals surface area contributed by atoms with Gasteiger partial charge in [-0.15, -0.1) is 0 Å². The van der Waals surface area contributed by atoms with Crippen LogP contribution in [0.3, 0.4) is 0 Å². The fourth-order valence-corrected chi connectivity index (χ4v) is 2.76. The monoisotopic (exact) mass is 361 g/mol. The minimum atomic E-state index is -4.44. The fourth-order valence-electron chi connectivity index (χ4n) is 2.76. The number of pyridine rings is 1. The standard InChI is InChI=1S/C16H22F3N3O3/c1-4-24-11-7-15(20,14(11,2)3)13(23)22-10-5-6-12(21-8-10)25-9-16(17,18)19/h5-6,8,11H,4,7,9,20H2,1-3H3,(H,22,23). The van der Waals surface area contributed by atoms with E-state index in [1.54, 1.807) is 0 Å². The Hall–Kier alpha value is -1.87. The number of hydrogen-bond donors (Lipinski definition) is 2. The highest BCUT2D eigenvalue weighted by atomic mass is 19.4. The Morgan fingerprint density at radius 3 is 2.60 bits per heavy atom. The number of nitrogens with two attached hydrogens (primary N) is 1. The number of rotatable bonds is 6. The van der Waals surface area contributed by atoms with Crippen LogP contribution in [0, 0.1) is 5.41 Å². The summed E-state index contributed by atoms with van der Waals surface area (Å²) in [5.41, 5.74) is 4.94. The second-order valence-corrected chi connectivity index (χ2v) is 6.58. The van der Waals surface area contributed by atoms with E-state index in [1.165, 1.54) is 18.3 Å². The van der Waals surface area contributed by atoms with Crippen molar-refractivity contribution in [3.05, 3.63) is 18.3 Å². The van der Waals surface area contributed by atoms with Crippen molar-refractivity contribution in [2.24, 2.45) is 11.1 Å². The van der Waals surface area contributed by atoms with Crippen molar-refractivity contribution in [2.45, 2.75) is 45.0 Å². The Morgan fingerprint density at radius 1 is 1.44 bits per heavy atom. The average Bonchev–Trinajstić information content (AvgIpc) is 2.53. The second kappa shape index (κ2) is 6.80. The van der Waals surface area contributed by atoms with Crippen molar-refractivity contribution >= 4 is 11.6 Å². The summed E-state index contributed by atoms with van der Waals surface area (Å²) in [7, 11) is 0. The van der Waals surface area contributed by atoms with Crippen molar-refractivity contribution in [2.75, 3.05) is 18.5 Å². The third-order valence-electron chi connectivity index (χ3n) is 4.61. The summed E-state index contributed by atoms with van der Waals surface area (Å²) in [4.78, 5) is 16.3. The summed E-state index contributed by atoms with van der Waals surface area (Å²) in [5, 5.41) is 2.64. The van der Waals surface area contributed by atoms with Gasteiger partial charge in [0.05, 0.1) is 18.0 Å². The number of carbonyl (C=O) groups excluding carboxylic acids is 1. The largest absolute Gasteiger partial charge is 0.468 e. The van der Waals surface area contributed by atoms with E-state index in [-0.39, 0.29) is 17.9 Å². The van der Waals surface area contributed by atoms with Gasteiger partial charge in [-0.1, -0.05) is 13.8 Å². The van der Waals surface area contributed by atoms with Gasteiger partial charge >= 0.3 is 6.18 Å². The molecule has 1 aromatic heterocycles. The average molecular weight is 361 g/mol. The molecule has 3 N–H and O–H groups in total. The first-order valence-corrected chi connectivity index (χ1v) is 7.87. The highest BCUT2D eigenvalue weighted by Crippen LogP contribution is 2.50. The lowest BCUT2D eigenvalue weighted by Crippen LogP contribution is -2.74. The molecule has 0 saturated heterocycles. The first-order valence-electron chi connectivity index (χ1n) is 7.87. The van der Waals surface area contributed by atoms with Crippen LogP contribution in [-0.2, 0) is 9.53 Å². The number of nitrogens with zero attached hydrogens (tertiary/aromatic N) is 1. The maximum atomic E-state index is 12.5. The number of amides is 1. The lowest BCUT2D eigenvalue weighted by atomic mass is 9.54. The Balaban J connectivity index is 1.97. The van der Waals surface area contributed by atoms with Crippen LogP contribution in [0.4, 0.5) is 18.9 Å². The topological polar surface area (TPSA) is 86.5 Å². The second-order valence-electron chi connectivity index (χ2n) is 6.58. The molecule has 1 saturated carbocycles. The first-order chi connectivity index (χ1) is 11.5. The number of ether oxygens (including phenoxy) is 2. The number of nitrogens with one attached hydrogen (secondary N) is 1. The maximum Gasteiger partial charge on any atom is 0.422 e. The molecular formula is C16H22F3N3O3. The van der Waals surface area contributed by atoms with Crippen molar-refractivity contribution in [3.63, 3.8) is 0 Å². The Labute approximate surface area is 143 Å². The molecule has 1 fully saturated rings. The SMILES string of the molecule is CCOC1CC(N)(C(=O)Nc2ccc(OCC(F)(F)F)nc2)C1(C)C. The van der Waals surface area contributed by atoms with Crippen LogP contribution in [0.1, 0.15) is 27.2 Å². The molecule has 2 atom stereocenters. The molecule has 1 amide bonds. The van der Waals surface area contributed by atoms with Gasteiger partial charge in [0.15, 0.2) is 6.61 Å². The predicted octanol–water partition coefficient (Wildman–Crippen LogP) is 2.49. The Kier molecular flexibility index (Phi) is 5.29. The molecular weight excluding hydrogens is 339 g/mol. The first kappa shape index (κ1) is 19.5. The quantitative estimate of drug-likeness (QED) is 0.813. The van der Waals surface area contributed by atoms with E-state index < -0.39 is 23.7 Å². The number of hydrogen-bond acceptors (Lipinski definition) is 5. The summed E-state index contributed by atoms with van der Waals surface area (Å²) in [6.45, 7) is 4.71. The maximum absolute atomic E-state index is 12.5. The molecule has 0 bridgehead atoms. The van der Waals surface area contributed by atoms with Gasteiger partial charge in [0, 0.05) is 24.5 Å². The van der Waals surface area contributed by atoms with Gasteiger partial charge in [0.2, 0.25) is 11.8 Å². The van der Waals surface area contributed by atoms with Crippen LogP contribution in [0.5, 0.6) is 5.88 Å². The molecule has 1 heterocycles. The molecule has 25 heavy (non-hydrogen) atoms. The zero-order valence-electron chi connectivity index (χ0n) is 14.3. The highest BCUT2D eigenvalue weighted by molar-refractivity contribution is 5.99. The van der Waals surface area contributed by atoms with Gasteiger partial charge in [-0.3, -0.25) is 4.79 Å². The zero-order chi connectivity index (χ0) is 18.9. The fraction of sp³-hybridized carbons (Fsp3) is 0.625. The Bertz CT molecular complexity index is 619. The normalized spacial score (nSPS) is 25.2. The summed E-state index contributed by atoms with van der Waals surface area (Å²) < 4.78 is 46.4. The summed E-state index contributed by atoms with van der Waals surface area (Å²) in [5.74, 6) is -0.572. The van der Waals surface area contributed by atoms with Gasteiger partial charge in [0.25, 0.3) is 0 Å². The van der Waals surface area contributed by atoms with Crippen LogP contribution < -0.4 is 15.8 Å². The molecule has 6 nitrogen and oxygen atoms in total. The molecule has 2 rings (SSSR count). The van der Waals surface area contributed by atoms with E-state index in [0.29, 0.717) is 18.7 Å². The number of aromatic nitrogens is 1. The molecule has 1 aliphatic rings. The zero-order valence-corrected chi connectivity index (χ0v) is 14.3. The predicted molar refractivity (Wildman–Crippen MR) is 85.1 cm³/mol. The van der Waals surface area contributed by atoms with Crippen molar-refractivity contribution < 1.29 is 27.4 Å². The van der Waals surface area contributed by atoms with Gasteiger partial charge in [0.1, 0.15) is 5.54 Å². The van der Waals surface area contributed by atoms with Gasteiger partial charge in [-0.25, -0.2) is 4.98 Å². The lowest BCUT2D eigenvalue weighted by Gasteiger charge is -2.57. The number of carbonyl (C=O) groups is 1. The third-order valence-corrected chi connectivity index (χ3v) is 4.61. The van der Waals surface area contributed by atoms with Crippen LogP contribution in [0.15, 0.2) is 18.3 Å². The number of alkyl halides is 3. The van der Waals surface area contributed by atoms with E-state index in [2.05, 4.69) is 15.0 Å². The minimum absolute atomic E-state index is 0.107. The lowest BCUT2D eigenvalue weighted by molar-refractivity contribution is -0.166. The Morgan fingerprint density at radius 2 is 2.12 bits per heavy atom. The molecule has 9 heteroatoms. The van der Waals surface area contributed by atoms with Crippen molar-refractivity contribution in [3.8, 4) is 5.88 Å². The van der Waals surface area contributed by atoms with Crippen LogP contribution in [-0.4, -0.2) is 41.9 Å². The number of anilines is 1.